The average molecular weight is 284 g/mol. The molecule has 2 N–H and O–H groups in total. The maximum Gasteiger partial charge on any atom is 0.0622 e. The fourth-order valence-electron chi connectivity index (χ4n) is 4.39. The van der Waals surface area contributed by atoms with Crippen molar-refractivity contribution in [2.24, 2.45) is 22.6 Å². The number of hydrogen-bond donors (Lipinski definition) is 1. The van der Waals surface area contributed by atoms with Crippen LogP contribution in [-0.2, 0) is 0 Å². The van der Waals surface area contributed by atoms with E-state index in [0.29, 0.717) is 6.04 Å². The molecule has 3 rings (SSSR count). The van der Waals surface area contributed by atoms with Gasteiger partial charge in [-0.15, -0.1) is 0 Å². The molecule has 114 valence electrons. The van der Waals surface area contributed by atoms with Crippen LogP contribution in [0.1, 0.15) is 62.8 Å². The van der Waals surface area contributed by atoms with Gasteiger partial charge in [0.2, 0.25) is 0 Å². The Hall–Kier alpha value is -1.15. The van der Waals surface area contributed by atoms with E-state index in [9.17, 15) is 0 Å². The Morgan fingerprint density at radius 3 is 1.86 bits per heavy atom. The Kier molecular flexibility index (Phi) is 4.74. The monoisotopic (exact) mass is 284 g/mol. The lowest BCUT2D eigenvalue weighted by molar-refractivity contribution is 0.177. The minimum absolute atomic E-state index is 0.481. The fraction of sp³-hybridized carbons (Fsp3) is 0.632. The molecule has 0 unspecified atom stereocenters. The molecule has 1 aromatic rings. The number of rotatable bonds is 3. The summed E-state index contributed by atoms with van der Waals surface area (Å²) in [6, 6.07) is 9.16. The number of nitrogens with two attached hydrogens (primary N) is 1. The van der Waals surface area contributed by atoms with E-state index in [1.54, 1.807) is 0 Å². The summed E-state index contributed by atoms with van der Waals surface area (Å²) >= 11 is 0. The predicted molar refractivity (Wildman–Crippen MR) is 90.3 cm³/mol. The van der Waals surface area contributed by atoms with Crippen molar-refractivity contribution in [2.45, 2.75) is 63.3 Å². The van der Waals surface area contributed by atoms with E-state index in [1.807, 2.05) is 0 Å². The zero-order chi connectivity index (χ0) is 14.7. The topological polar surface area (TPSA) is 38.4 Å². The second-order valence-corrected chi connectivity index (χ2v) is 7.04. The summed E-state index contributed by atoms with van der Waals surface area (Å²) in [6.45, 7) is 3.58. The Morgan fingerprint density at radius 1 is 0.810 bits per heavy atom. The SMILES string of the molecule is C=Nc1ccc(C2CCC(C3CCC(N)CC3)CC2)cc1. The first-order valence-electron chi connectivity index (χ1n) is 8.58. The average Bonchev–Trinajstić information content (AvgIpc) is 2.56. The molecule has 2 nitrogen and oxygen atoms in total. The molecule has 0 bridgehead atoms. The van der Waals surface area contributed by atoms with Crippen LogP contribution in [-0.4, -0.2) is 12.8 Å². The van der Waals surface area contributed by atoms with Gasteiger partial charge in [0.25, 0.3) is 0 Å². The van der Waals surface area contributed by atoms with Crippen molar-refractivity contribution < 1.29 is 0 Å². The van der Waals surface area contributed by atoms with Crippen molar-refractivity contribution in [3.8, 4) is 0 Å². The minimum atomic E-state index is 0.481. The summed E-state index contributed by atoms with van der Waals surface area (Å²) < 4.78 is 0. The summed E-state index contributed by atoms with van der Waals surface area (Å²) in [4.78, 5) is 3.98. The third kappa shape index (κ3) is 3.55. The van der Waals surface area contributed by atoms with E-state index >= 15 is 0 Å². The first-order valence-corrected chi connectivity index (χ1v) is 8.58. The van der Waals surface area contributed by atoms with Crippen LogP contribution in [0.25, 0.3) is 0 Å². The van der Waals surface area contributed by atoms with E-state index in [1.165, 1.54) is 56.9 Å². The van der Waals surface area contributed by atoms with Crippen LogP contribution in [0.4, 0.5) is 5.69 Å². The molecule has 1 aromatic carbocycles. The normalized spacial score (nSPS) is 33.6. The van der Waals surface area contributed by atoms with Crippen LogP contribution in [0.3, 0.4) is 0 Å². The van der Waals surface area contributed by atoms with E-state index in [0.717, 1.165) is 23.4 Å². The maximum absolute atomic E-state index is 6.04. The van der Waals surface area contributed by atoms with Crippen molar-refractivity contribution in [1.29, 1.82) is 0 Å². The van der Waals surface area contributed by atoms with Gasteiger partial charge in [0.1, 0.15) is 0 Å². The molecule has 2 aliphatic carbocycles. The highest BCUT2D eigenvalue weighted by Crippen LogP contribution is 2.42. The van der Waals surface area contributed by atoms with Gasteiger partial charge in [-0.1, -0.05) is 12.1 Å². The Labute approximate surface area is 128 Å². The van der Waals surface area contributed by atoms with Crippen LogP contribution < -0.4 is 5.73 Å². The number of nitrogens with zero attached hydrogens (tertiary/aromatic N) is 1. The molecule has 0 spiro atoms. The molecule has 0 aliphatic heterocycles. The molecule has 2 aliphatic rings. The van der Waals surface area contributed by atoms with Gasteiger partial charge in [-0.05, 0) is 93.5 Å². The van der Waals surface area contributed by atoms with Gasteiger partial charge >= 0.3 is 0 Å². The largest absolute Gasteiger partial charge is 0.328 e. The molecule has 2 saturated carbocycles. The zero-order valence-corrected chi connectivity index (χ0v) is 13.0. The summed E-state index contributed by atoms with van der Waals surface area (Å²) in [7, 11) is 0. The van der Waals surface area contributed by atoms with Crippen molar-refractivity contribution >= 4 is 12.4 Å². The second-order valence-electron chi connectivity index (χ2n) is 7.04. The summed E-state index contributed by atoms with van der Waals surface area (Å²) in [5, 5.41) is 0. The lowest BCUT2D eigenvalue weighted by atomic mass is 9.69. The van der Waals surface area contributed by atoms with Gasteiger partial charge in [-0.2, -0.15) is 0 Å². The van der Waals surface area contributed by atoms with Gasteiger partial charge in [0, 0.05) is 6.04 Å². The molecule has 0 saturated heterocycles. The first kappa shape index (κ1) is 14.8. The highest BCUT2D eigenvalue weighted by molar-refractivity contribution is 5.46. The molecule has 0 aromatic heterocycles. The smallest absolute Gasteiger partial charge is 0.0622 e. The van der Waals surface area contributed by atoms with Gasteiger partial charge in [-0.3, -0.25) is 4.99 Å². The van der Waals surface area contributed by atoms with Gasteiger partial charge in [0.05, 0.1) is 5.69 Å². The molecule has 0 atom stereocenters. The standard InChI is InChI=1S/C19H28N2/c1-21-19-12-8-17(9-13-19)15-4-2-14(3-5-15)16-6-10-18(20)11-7-16/h8-9,12-16,18H,1-7,10-11,20H2. The summed E-state index contributed by atoms with van der Waals surface area (Å²) in [6.07, 6.45) is 10.8. The Balaban J connectivity index is 1.53. The van der Waals surface area contributed by atoms with Crippen LogP contribution in [0, 0.1) is 11.8 Å². The highest BCUT2D eigenvalue weighted by atomic mass is 14.7. The van der Waals surface area contributed by atoms with Gasteiger partial charge in [-0.25, -0.2) is 0 Å². The van der Waals surface area contributed by atoms with E-state index in [-0.39, 0.29) is 0 Å². The number of benzene rings is 1. The lowest BCUT2D eigenvalue weighted by Crippen LogP contribution is -2.31. The fourth-order valence-corrected chi connectivity index (χ4v) is 4.39. The van der Waals surface area contributed by atoms with E-state index in [2.05, 4.69) is 36.0 Å². The summed E-state index contributed by atoms with van der Waals surface area (Å²) in [5.41, 5.74) is 8.51. The van der Waals surface area contributed by atoms with Gasteiger partial charge < -0.3 is 5.73 Å². The van der Waals surface area contributed by atoms with Crippen molar-refractivity contribution in [1.82, 2.24) is 0 Å². The third-order valence-corrected chi connectivity index (χ3v) is 5.80. The van der Waals surface area contributed by atoms with Crippen LogP contribution in [0.5, 0.6) is 0 Å². The zero-order valence-electron chi connectivity index (χ0n) is 13.0. The maximum atomic E-state index is 6.04. The third-order valence-electron chi connectivity index (χ3n) is 5.80. The molecule has 2 heteroatoms. The molecule has 2 fully saturated rings. The molecular weight excluding hydrogens is 256 g/mol. The molecule has 0 heterocycles. The van der Waals surface area contributed by atoms with Crippen molar-refractivity contribution in [2.75, 3.05) is 0 Å². The Bertz CT molecular complexity index is 449. The molecule has 21 heavy (non-hydrogen) atoms. The van der Waals surface area contributed by atoms with Crippen molar-refractivity contribution in [3.63, 3.8) is 0 Å². The van der Waals surface area contributed by atoms with E-state index in [4.69, 9.17) is 5.73 Å². The highest BCUT2D eigenvalue weighted by Gasteiger charge is 2.30. The van der Waals surface area contributed by atoms with Crippen LogP contribution in [0.2, 0.25) is 0 Å². The van der Waals surface area contributed by atoms with Crippen LogP contribution >= 0.6 is 0 Å². The number of hydrogen-bond acceptors (Lipinski definition) is 2. The van der Waals surface area contributed by atoms with Gasteiger partial charge in [0.15, 0.2) is 0 Å². The quantitative estimate of drug-likeness (QED) is 0.795. The molecule has 0 radical (unpaired) electrons. The minimum Gasteiger partial charge on any atom is -0.328 e. The first-order chi connectivity index (χ1) is 10.3. The second kappa shape index (κ2) is 6.74. The summed E-state index contributed by atoms with van der Waals surface area (Å²) in [5.74, 6) is 2.67. The van der Waals surface area contributed by atoms with Crippen molar-refractivity contribution in [3.05, 3.63) is 29.8 Å². The molecule has 0 amide bonds. The molecular formula is C19H28N2. The van der Waals surface area contributed by atoms with Crippen LogP contribution in [0.15, 0.2) is 29.3 Å². The number of aliphatic imine (C=N–C) groups is 1. The lowest BCUT2D eigenvalue weighted by Gasteiger charge is -2.37. The van der Waals surface area contributed by atoms with E-state index < -0.39 is 0 Å². The Morgan fingerprint density at radius 2 is 1.33 bits per heavy atom. The predicted octanol–water partition coefficient (Wildman–Crippen LogP) is 4.81.